The molecule has 0 aromatic heterocycles. The van der Waals surface area contributed by atoms with Crippen LogP contribution in [0.3, 0.4) is 0 Å². The number of fused-ring (bicyclic) bond motifs is 1. The van der Waals surface area contributed by atoms with E-state index in [1.807, 2.05) is 0 Å². The summed E-state index contributed by atoms with van der Waals surface area (Å²) in [5.74, 6) is -1.05. The van der Waals surface area contributed by atoms with Gasteiger partial charge in [0.15, 0.2) is 12.0 Å². The van der Waals surface area contributed by atoms with E-state index < -0.39 is 18.0 Å². The SMILES string of the molecule is CCCCCC[C@@H]1OC(=O)C2C(OC)=CC(=O)OC21. The molecule has 2 unspecified atom stereocenters. The highest BCUT2D eigenvalue weighted by Gasteiger charge is 2.51. The zero-order chi connectivity index (χ0) is 13.8. The summed E-state index contributed by atoms with van der Waals surface area (Å²) in [5.41, 5.74) is 0. The van der Waals surface area contributed by atoms with Gasteiger partial charge in [0.05, 0.1) is 13.2 Å². The minimum atomic E-state index is -0.584. The lowest BCUT2D eigenvalue weighted by Gasteiger charge is -2.25. The predicted octanol–water partition coefficient (Wildman–Crippen LogP) is 1.95. The predicted molar refractivity (Wildman–Crippen MR) is 67.1 cm³/mol. The van der Waals surface area contributed by atoms with E-state index in [-0.39, 0.29) is 12.1 Å². The Labute approximate surface area is 112 Å². The van der Waals surface area contributed by atoms with Crippen LogP contribution < -0.4 is 0 Å². The molecule has 5 nitrogen and oxygen atoms in total. The average Bonchev–Trinajstić information content (AvgIpc) is 2.70. The number of carbonyl (C=O) groups is 2. The van der Waals surface area contributed by atoms with Gasteiger partial charge < -0.3 is 14.2 Å². The maximum absolute atomic E-state index is 11.8. The molecule has 0 spiro atoms. The summed E-state index contributed by atoms with van der Waals surface area (Å²) >= 11 is 0. The lowest BCUT2D eigenvalue weighted by Crippen LogP contribution is -2.37. The van der Waals surface area contributed by atoms with Crippen LogP contribution in [0.2, 0.25) is 0 Å². The molecular formula is C14H20O5. The normalized spacial score (nSPS) is 29.4. The number of ether oxygens (including phenoxy) is 3. The number of esters is 2. The molecule has 0 saturated carbocycles. The molecule has 0 aliphatic carbocycles. The molecule has 1 saturated heterocycles. The van der Waals surface area contributed by atoms with Crippen LogP contribution in [-0.2, 0) is 23.8 Å². The van der Waals surface area contributed by atoms with Gasteiger partial charge in [-0.2, -0.15) is 0 Å². The van der Waals surface area contributed by atoms with Crippen LogP contribution >= 0.6 is 0 Å². The number of hydrogen-bond donors (Lipinski definition) is 0. The van der Waals surface area contributed by atoms with E-state index in [9.17, 15) is 9.59 Å². The summed E-state index contributed by atoms with van der Waals surface area (Å²) in [4.78, 5) is 23.3. The van der Waals surface area contributed by atoms with E-state index in [1.165, 1.54) is 13.2 Å². The van der Waals surface area contributed by atoms with E-state index in [0.29, 0.717) is 5.76 Å². The van der Waals surface area contributed by atoms with Crippen molar-refractivity contribution in [1.82, 2.24) is 0 Å². The Kier molecular flexibility index (Phi) is 4.45. The molecule has 0 radical (unpaired) electrons. The summed E-state index contributed by atoms with van der Waals surface area (Å²) < 4.78 is 15.7. The highest BCUT2D eigenvalue weighted by Crippen LogP contribution is 2.36. The van der Waals surface area contributed by atoms with E-state index in [0.717, 1.165) is 32.1 Å². The largest absolute Gasteiger partial charge is 0.500 e. The minimum absolute atomic E-state index is 0.336. The van der Waals surface area contributed by atoms with Gasteiger partial charge in [-0.15, -0.1) is 0 Å². The lowest BCUT2D eigenvalue weighted by molar-refractivity contribution is -0.150. The monoisotopic (exact) mass is 268 g/mol. The highest BCUT2D eigenvalue weighted by atomic mass is 16.6. The number of methoxy groups -OCH3 is 1. The van der Waals surface area contributed by atoms with Crippen molar-refractivity contribution in [3.05, 3.63) is 11.8 Å². The number of rotatable bonds is 6. The molecule has 2 aliphatic rings. The molecule has 0 aromatic carbocycles. The molecule has 1 fully saturated rings. The number of carbonyl (C=O) groups excluding carboxylic acids is 2. The highest BCUT2D eigenvalue weighted by molar-refractivity contribution is 5.89. The first-order valence-corrected chi connectivity index (χ1v) is 6.84. The fraction of sp³-hybridized carbons (Fsp3) is 0.714. The van der Waals surface area contributed by atoms with E-state index in [1.54, 1.807) is 0 Å². The Balaban J connectivity index is 2.00. The van der Waals surface area contributed by atoms with Crippen molar-refractivity contribution in [2.45, 2.75) is 51.2 Å². The summed E-state index contributed by atoms with van der Waals surface area (Å²) in [6.45, 7) is 2.14. The van der Waals surface area contributed by atoms with Gasteiger partial charge in [-0.3, -0.25) is 4.79 Å². The number of cyclic esters (lactones) is 1. The Morgan fingerprint density at radius 3 is 2.68 bits per heavy atom. The van der Waals surface area contributed by atoms with Crippen molar-refractivity contribution in [2.24, 2.45) is 5.92 Å². The first-order valence-electron chi connectivity index (χ1n) is 6.84. The molecule has 2 rings (SSSR count). The minimum Gasteiger partial charge on any atom is -0.500 e. The fourth-order valence-corrected chi connectivity index (χ4v) is 2.62. The Morgan fingerprint density at radius 2 is 2.00 bits per heavy atom. The van der Waals surface area contributed by atoms with Crippen molar-refractivity contribution >= 4 is 11.9 Å². The first kappa shape index (κ1) is 13.9. The quantitative estimate of drug-likeness (QED) is 0.544. The summed E-state index contributed by atoms with van der Waals surface area (Å²) in [6, 6.07) is 0. The Morgan fingerprint density at radius 1 is 1.21 bits per heavy atom. The molecular weight excluding hydrogens is 248 g/mol. The van der Waals surface area contributed by atoms with Gasteiger partial charge in [-0.1, -0.05) is 26.2 Å². The molecule has 0 amide bonds. The summed E-state index contributed by atoms with van der Waals surface area (Å²) in [7, 11) is 1.45. The van der Waals surface area contributed by atoms with Crippen LogP contribution in [0.15, 0.2) is 11.8 Å². The van der Waals surface area contributed by atoms with E-state index in [4.69, 9.17) is 14.2 Å². The fourth-order valence-electron chi connectivity index (χ4n) is 2.62. The molecule has 5 heteroatoms. The van der Waals surface area contributed by atoms with Crippen LogP contribution in [0.25, 0.3) is 0 Å². The van der Waals surface area contributed by atoms with Crippen LogP contribution in [0.4, 0.5) is 0 Å². The van der Waals surface area contributed by atoms with Gasteiger partial charge in [0.25, 0.3) is 0 Å². The molecule has 106 valence electrons. The molecule has 19 heavy (non-hydrogen) atoms. The van der Waals surface area contributed by atoms with Gasteiger partial charge >= 0.3 is 11.9 Å². The molecule has 0 N–H and O–H groups in total. The molecule has 3 atom stereocenters. The molecule has 2 aliphatic heterocycles. The average molecular weight is 268 g/mol. The van der Waals surface area contributed by atoms with Gasteiger partial charge in [0.1, 0.15) is 11.9 Å². The standard InChI is InChI=1S/C14H20O5/c1-3-4-5-6-7-9-13-12(14(16)18-9)10(17-2)8-11(15)19-13/h8-9,12-13H,3-7H2,1-2H3/t9-,12?,13?/m0/s1. The van der Waals surface area contributed by atoms with Gasteiger partial charge in [-0.25, -0.2) is 4.79 Å². The van der Waals surface area contributed by atoms with E-state index >= 15 is 0 Å². The summed E-state index contributed by atoms with van der Waals surface area (Å²) in [6.07, 6.45) is 5.49. The van der Waals surface area contributed by atoms with Crippen molar-refractivity contribution in [2.75, 3.05) is 7.11 Å². The van der Waals surface area contributed by atoms with Crippen LogP contribution in [-0.4, -0.2) is 31.3 Å². The van der Waals surface area contributed by atoms with Gasteiger partial charge in [-0.05, 0) is 12.8 Å². The van der Waals surface area contributed by atoms with Crippen molar-refractivity contribution in [1.29, 1.82) is 0 Å². The number of unbranched alkanes of at least 4 members (excludes halogenated alkanes) is 3. The third-order valence-corrected chi connectivity index (χ3v) is 3.61. The van der Waals surface area contributed by atoms with Crippen LogP contribution in [0.1, 0.15) is 39.0 Å². The maximum atomic E-state index is 11.8. The van der Waals surface area contributed by atoms with Crippen molar-refractivity contribution in [3.63, 3.8) is 0 Å². The maximum Gasteiger partial charge on any atom is 0.334 e. The topological polar surface area (TPSA) is 61.8 Å². The van der Waals surface area contributed by atoms with Crippen molar-refractivity contribution < 1.29 is 23.8 Å². The third-order valence-electron chi connectivity index (χ3n) is 3.61. The zero-order valence-electron chi connectivity index (χ0n) is 11.4. The van der Waals surface area contributed by atoms with Crippen LogP contribution in [0, 0.1) is 5.92 Å². The number of hydrogen-bond acceptors (Lipinski definition) is 5. The molecule has 2 heterocycles. The smallest absolute Gasteiger partial charge is 0.334 e. The Hall–Kier alpha value is -1.52. The molecule has 0 bridgehead atoms. The van der Waals surface area contributed by atoms with E-state index in [2.05, 4.69) is 6.92 Å². The van der Waals surface area contributed by atoms with Gasteiger partial charge in [0.2, 0.25) is 0 Å². The first-order chi connectivity index (χ1) is 9.17. The van der Waals surface area contributed by atoms with Crippen LogP contribution in [0.5, 0.6) is 0 Å². The van der Waals surface area contributed by atoms with Gasteiger partial charge in [0, 0.05) is 0 Å². The summed E-state index contributed by atoms with van der Waals surface area (Å²) in [5, 5.41) is 0. The lowest BCUT2D eigenvalue weighted by atomic mass is 9.94. The Bertz CT molecular complexity index is 387. The van der Waals surface area contributed by atoms with Crippen molar-refractivity contribution in [3.8, 4) is 0 Å². The molecule has 0 aromatic rings. The second-order valence-electron chi connectivity index (χ2n) is 4.95. The third kappa shape index (κ3) is 2.91. The second kappa shape index (κ2) is 6.08. The second-order valence-corrected chi connectivity index (χ2v) is 4.95. The zero-order valence-corrected chi connectivity index (χ0v) is 11.4.